The summed E-state index contributed by atoms with van der Waals surface area (Å²) in [5.41, 5.74) is 1.34. The summed E-state index contributed by atoms with van der Waals surface area (Å²) in [4.78, 5) is 23.0. The lowest BCUT2D eigenvalue weighted by Gasteiger charge is -2.28. The summed E-state index contributed by atoms with van der Waals surface area (Å²) in [5.74, 6) is 1.39. The predicted octanol–water partition coefficient (Wildman–Crippen LogP) is 3.44. The summed E-state index contributed by atoms with van der Waals surface area (Å²) in [6, 6.07) is 5.74. The van der Waals surface area contributed by atoms with Crippen LogP contribution in [0.5, 0.6) is 11.5 Å². The number of aromatic nitrogens is 1. The first kappa shape index (κ1) is 28.2. The maximum absolute atomic E-state index is 13.0. The molecule has 0 saturated heterocycles. The van der Waals surface area contributed by atoms with Gasteiger partial charge in [-0.1, -0.05) is 27.7 Å². The molecule has 0 fully saturated rings. The fourth-order valence-corrected chi connectivity index (χ4v) is 4.80. The Labute approximate surface area is 220 Å². The third-order valence-electron chi connectivity index (χ3n) is 6.85. The van der Waals surface area contributed by atoms with E-state index in [0.29, 0.717) is 41.9 Å². The molecule has 1 aromatic carbocycles. The van der Waals surface area contributed by atoms with E-state index in [1.807, 2.05) is 18.2 Å². The third-order valence-corrected chi connectivity index (χ3v) is 7.25. The molecule has 0 bridgehead atoms. The van der Waals surface area contributed by atoms with Crippen molar-refractivity contribution >= 4 is 28.2 Å². The first-order chi connectivity index (χ1) is 17.5. The summed E-state index contributed by atoms with van der Waals surface area (Å²) in [6.07, 6.45) is 2.01. The molecule has 0 radical (unpaired) electrons. The summed E-state index contributed by atoms with van der Waals surface area (Å²) < 4.78 is 11.4. The van der Waals surface area contributed by atoms with Gasteiger partial charge in [-0.3, -0.25) is 4.79 Å². The van der Waals surface area contributed by atoms with Crippen molar-refractivity contribution in [2.24, 2.45) is 0 Å². The zero-order valence-electron chi connectivity index (χ0n) is 22.4. The Bertz CT molecular complexity index is 1040. The highest BCUT2D eigenvalue weighted by atomic mass is 32.1. The smallest absolute Gasteiger partial charge is 0.253 e. The van der Waals surface area contributed by atoms with E-state index in [4.69, 9.17) is 21.7 Å². The van der Waals surface area contributed by atoms with E-state index in [1.165, 1.54) is 0 Å². The van der Waals surface area contributed by atoms with Crippen molar-refractivity contribution in [1.29, 1.82) is 0 Å². The molecule has 2 heterocycles. The molecule has 0 unspecified atom stereocenters. The average molecular weight is 518 g/mol. The van der Waals surface area contributed by atoms with Crippen molar-refractivity contribution < 1.29 is 9.47 Å². The number of H-pyrrole nitrogens is 1. The largest absolute Gasteiger partial charge is 0.486 e. The van der Waals surface area contributed by atoms with Crippen LogP contribution in [0.1, 0.15) is 46.1 Å². The minimum atomic E-state index is -0.0998. The molecule has 1 aliphatic rings. The Kier molecular flexibility index (Phi) is 11.3. The third kappa shape index (κ3) is 7.82. The van der Waals surface area contributed by atoms with Crippen molar-refractivity contribution in [1.82, 2.24) is 25.0 Å². The van der Waals surface area contributed by atoms with E-state index in [9.17, 15) is 4.79 Å². The molecule has 1 aliphatic heterocycles. The van der Waals surface area contributed by atoms with Gasteiger partial charge in [0.05, 0.1) is 12.1 Å². The number of ether oxygens (including phenoxy) is 2. The van der Waals surface area contributed by atoms with E-state index in [2.05, 4.69) is 52.7 Å². The maximum atomic E-state index is 13.0. The average Bonchev–Trinajstić information content (AvgIpc) is 2.89. The Morgan fingerprint density at radius 3 is 2.17 bits per heavy atom. The molecule has 36 heavy (non-hydrogen) atoms. The van der Waals surface area contributed by atoms with Gasteiger partial charge in [-0.25, -0.2) is 0 Å². The number of aromatic amines is 1. The highest BCUT2D eigenvalue weighted by Gasteiger charge is 2.17. The van der Waals surface area contributed by atoms with Gasteiger partial charge in [-0.2, -0.15) is 0 Å². The molecule has 2 N–H and O–H groups in total. The first-order valence-corrected chi connectivity index (χ1v) is 13.8. The molecule has 200 valence electrons. The summed E-state index contributed by atoms with van der Waals surface area (Å²) in [6.45, 7) is 18.1. The lowest BCUT2D eigenvalue weighted by Crippen LogP contribution is -2.42. The number of pyridine rings is 1. The van der Waals surface area contributed by atoms with Gasteiger partial charge in [0.1, 0.15) is 13.2 Å². The van der Waals surface area contributed by atoms with Crippen molar-refractivity contribution in [3.05, 3.63) is 34.1 Å². The molecule has 8 nitrogen and oxygen atoms in total. The predicted molar refractivity (Wildman–Crippen MR) is 151 cm³/mol. The van der Waals surface area contributed by atoms with Crippen LogP contribution in [0.4, 0.5) is 0 Å². The number of nitrogens with zero attached hydrogens (tertiary/aromatic N) is 3. The van der Waals surface area contributed by atoms with Gasteiger partial charge in [-0.05, 0) is 76.5 Å². The normalized spacial score (nSPS) is 12.9. The van der Waals surface area contributed by atoms with Crippen LogP contribution in [-0.2, 0) is 6.54 Å². The molecule has 3 rings (SSSR count). The number of thiocarbonyl (C=S) groups is 1. The SMILES string of the molecule is CCN(CC)CCCNC(=S)N(CCCN(CC)CC)Cc1cc2cc3c(cc2[nH]c1=O)OCCO3. The van der Waals surface area contributed by atoms with E-state index in [0.717, 1.165) is 76.1 Å². The molecule has 0 aliphatic carbocycles. The second-order valence-corrected chi connectivity index (χ2v) is 9.51. The summed E-state index contributed by atoms with van der Waals surface area (Å²) in [5, 5.41) is 5.07. The second-order valence-electron chi connectivity index (χ2n) is 9.12. The Balaban J connectivity index is 1.72. The van der Waals surface area contributed by atoms with E-state index >= 15 is 0 Å². The zero-order valence-corrected chi connectivity index (χ0v) is 23.2. The fraction of sp³-hybridized carbons (Fsp3) is 0.630. The highest BCUT2D eigenvalue weighted by molar-refractivity contribution is 7.80. The molecule has 2 aromatic rings. The van der Waals surface area contributed by atoms with Gasteiger partial charge >= 0.3 is 0 Å². The molecule has 0 spiro atoms. The number of fused-ring (bicyclic) bond motifs is 2. The van der Waals surface area contributed by atoms with E-state index < -0.39 is 0 Å². The first-order valence-electron chi connectivity index (χ1n) is 13.4. The van der Waals surface area contributed by atoms with Gasteiger partial charge in [0, 0.05) is 30.1 Å². The number of benzene rings is 1. The molecule has 1 aromatic heterocycles. The lowest BCUT2D eigenvalue weighted by molar-refractivity contribution is 0.172. The van der Waals surface area contributed by atoms with Crippen LogP contribution in [-0.4, -0.2) is 90.4 Å². The van der Waals surface area contributed by atoms with Gasteiger partial charge < -0.3 is 34.5 Å². The number of hydrogen-bond acceptors (Lipinski definition) is 6. The van der Waals surface area contributed by atoms with Crippen molar-refractivity contribution in [3.8, 4) is 11.5 Å². The summed E-state index contributed by atoms with van der Waals surface area (Å²) in [7, 11) is 0. The number of nitrogens with one attached hydrogen (secondary N) is 2. The minimum Gasteiger partial charge on any atom is -0.486 e. The van der Waals surface area contributed by atoms with Crippen LogP contribution in [0.3, 0.4) is 0 Å². The molecule has 0 atom stereocenters. The van der Waals surface area contributed by atoms with Gasteiger partial charge in [0.2, 0.25) is 0 Å². The topological polar surface area (TPSA) is 73.1 Å². The molecule has 0 amide bonds. The highest BCUT2D eigenvalue weighted by Crippen LogP contribution is 2.33. The molecule has 0 saturated carbocycles. The van der Waals surface area contributed by atoms with Crippen molar-refractivity contribution in [2.45, 2.75) is 47.1 Å². The van der Waals surface area contributed by atoms with Crippen LogP contribution in [0.15, 0.2) is 23.0 Å². The minimum absolute atomic E-state index is 0.0998. The van der Waals surface area contributed by atoms with Crippen molar-refractivity contribution in [3.63, 3.8) is 0 Å². The standard InChI is InChI=1S/C27H43N5O3S/c1-5-30(6-2)12-9-11-28-27(36)32(14-10-13-31(7-3)8-4)20-22-17-21-18-24-25(35-16-15-34-24)19-23(21)29-26(22)33/h17-19H,5-16,20H2,1-4H3,(H,28,36)(H,29,33). The van der Waals surface area contributed by atoms with Crippen LogP contribution >= 0.6 is 12.2 Å². The molecular weight excluding hydrogens is 474 g/mol. The Morgan fingerprint density at radius 2 is 1.53 bits per heavy atom. The van der Waals surface area contributed by atoms with Gasteiger partial charge in [0.15, 0.2) is 16.6 Å². The summed E-state index contributed by atoms with van der Waals surface area (Å²) >= 11 is 5.80. The zero-order chi connectivity index (χ0) is 25.9. The fourth-order valence-electron chi connectivity index (χ4n) is 4.54. The molecule has 9 heteroatoms. The van der Waals surface area contributed by atoms with Crippen LogP contribution in [0, 0.1) is 0 Å². The number of rotatable bonds is 14. The quantitative estimate of drug-likeness (QED) is 0.292. The van der Waals surface area contributed by atoms with Crippen molar-refractivity contribution in [2.75, 3.05) is 65.6 Å². The Hall–Kier alpha value is -2.36. The van der Waals surface area contributed by atoms with Gasteiger partial charge in [0.25, 0.3) is 5.56 Å². The van der Waals surface area contributed by atoms with Crippen LogP contribution < -0.4 is 20.3 Å². The molecular formula is C27H43N5O3S. The van der Waals surface area contributed by atoms with Crippen LogP contribution in [0.2, 0.25) is 0 Å². The van der Waals surface area contributed by atoms with E-state index in [1.54, 1.807) is 0 Å². The van der Waals surface area contributed by atoms with Gasteiger partial charge in [-0.15, -0.1) is 0 Å². The Morgan fingerprint density at radius 1 is 0.917 bits per heavy atom. The maximum Gasteiger partial charge on any atom is 0.253 e. The lowest BCUT2D eigenvalue weighted by atomic mass is 10.1. The monoisotopic (exact) mass is 517 g/mol. The second kappa shape index (κ2) is 14.4. The van der Waals surface area contributed by atoms with E-state index in [-0.39, 0.29) is 5.56 Å². The van der Waals surface area contributed by atoms with Crippen LogP contribution in [0.25, 0.3) is 10.9 Å². The number of hydrogen-bond donors (Lipinski definition) is 2.